The van der Waals surface area contributed by atoms with Gasteiger partial charge in [-0.25, -0.2) is 0 Å². The number of esters is 3. The predicted molar refractivity (Wildman–Crippen MR) is 270 cm³/mol. The number of rotatable bonds is 52. The highest BCUT2D eigenvalue weighted by Gasteiger charge is 2.19. The monoisotopic (exact) mass is 889 g/mol. The van der Waals surface area contributed by atoms with Crippen molar-refractivity contribution < 1.29 is 28.6 Å². The summed E-state index contributed by atoms with van der Waals surface area (Å²) in [5.74, 6) is -0.850. The van der Waals surface area contributed by atoms with Crippen LogP contribution in [-0.2, 0) is 28.6 Å². The van der Waals surface area contributed by atoms with Crippen LogP contribution < -0.4 is 0 Å². The average Bonchev–Trinajstić information content (AvgIpc) is 3.28. The Hall–Kier alpha value is -1.85. The van der Waals surface area contributed by atoms with E-state index in [0.717, 1.165) is 57.8 Å². The number of hydrogen-bond donors (Lipinski definition) is 0. The normalized spacial score (nSPS) is 12.0. The molecule has 0 aliphatic rings. The summed E-state index contributed by atoms with van der Waals surface area (Å²) in [4.78, 5) is 38.0. The second-order valence-corrected chi connectivity index (χ2v) is 19.2. The molecule has 0 rings (SSSR count). The van der Waals surface area contributed by atoms with Gasteiger partial charge in [0, 0.05) is 19.3 Å². The number of allylic oxidation sites excluding steroid dienone is 2. The number of ether oxygens (including phenoxy) is 3. The summed E-state index contributed by atoms with van der Waals surface area (Å²) in [6.45, 7) is 6.67. The molecule has 6 nitrogen and oxygen atoms in total. The fourth-order valence-electron chi connectivity index (χ4n) is 8.50. The minimum Gasteiger partial charge on any atom is -0.462 e. The maximum absolute atomic E-state index is 12.8. The van der Waals surface area contributed by atoms with Gasteiger partial charge >= 0.3 is 17.9 Å². The van der Waals surface area contributed by atoms with E-state index in [9.17, 15) is 14.4 Å². The van der Waals surface area contributed by atoms with Crippen molar-refractivity contribution in [2.45, 2.75) is 322 Å². The van der Waals surface area contributed by atoms with Gasteiger partial charge in [0.05, 0.1) is 0 Å². The standard InChI is InChI=1S/C57H108O6/c1-4-7-10-13-16-19-22-24-26-28-29-30-32-33-35-38-41-44-47-50-56(59)62-53-54(52-61-55(58)49-46-43-40-37-21-18-15-12-9-6-3)63-57(60)51-48-45-42-39-36-34-31-27-25-23-20-17-14-11-8-5-2/h28-29,54H,4-27,30-53H2,1-3H3/b29-28-. The highest BCUT2D eigenvalue weighted by atomic mass is 16.6. The van der Waals surface area contributed by atoms with Crippen LogP contribution in [0.15, 0.2) is 12.2 Å². The van der Waals surface area contributed by atoms with E-state index in [4.69, 9.17) is 14.2 Å². The van der Waals surface area contributed by atoms with Gasteiger partial charge in [0.25, 0.3) is 0 Å². The van der Waals surface area contributed by atoms with Crippen LogP contribution in [-0.4, -0.2) is 37.2 Å². The van der Waals surface area contributed by atoms with Crippen LogP contribution in [0.3, 0.4) is 0 Å². The van der Waals surface area contributed by atoms with E-state index in [1.165, 1.54) is 218 Å². The van der Waals surface area contributed by atoms with Crippen molar-refractivity contribution in [3.63, 3.8) is 0 Å². The Balaban J connectivity index is 4.26. The van der Waals surface area contributed by atoms with E-state index in [1.807, 2.05) is 0 Å². The van der Waals surface area contributed by atoms with E-state index in [0.29, 0.717) is 19.3 Å². The lowest BCUT2D eigenvalue weighted by Crippen LogP contribution is -2.30. The van der Waals surface area contributed by atoms with Gasteiger partial charge in [-0.05, 0) is 44.9 Å². The van der Waals surface area contributed by atoms with Crippen molar-refractivity contribution in [3.05, 3.63) is 12.2 Å². The molecule has 0 aromatic heterocycles. The highest BCUT2D eigenvalue weighted by molar-refractivity contribution is 5.71. The third-order valence-corrected chi connectivity index (χ3v) is 12.8. The van der Waals surface area contributed by atoms with Gasteiger partial charge in [0.1, 0.15) is 13.2 Å². The van der Waals surface area contributed by atoms with Crippen LogP contribution in [0.4, 0.5) is 0 Å². The molecular formula is C57H108O6. The van der Waals surface area contributed by atoms with E-state index in [-0.39, 0.29) is 31.1 Å². The third kappa shape index (κ3) is 51.0. The van der Waals surface area contributed by atoms with E-state index in [2.05, 4.69) is 32.9 Å². The molecule has 0 N–H and O–H groups in total. The van der Waals surface area contributed by atoms with Crippen molar-refractivity contribution in [3.8, 4) is 0 Å². The molecule has 0 saturated heterocycles. The maximum atomic E-state index is 12.8. The van der Waals surface area contributed by atoms with Crippen LogP contribution in [0.2, 0.25) is 0 Å². The molecule has 372 valence electrons. The summed E-state index contributed by atoms with van der Waals surface area (Å²) in [5.41, 5.74) is 0. The Morgan fingerprint density at radius 2 is 0.524 bits per heavy atom. The molecule has 0 aliphatic carbocycles. The number of unbranched alkanes of at least 4 members (excludes halogenated alkanes) is 39. The molecule has 0 saturated carbocycles. The van der Waals surface area contributed by atoms with Crippen molar-refractivity contribution >= 4 is 17.9 Å². The average molecular weight is 889 g/mol. The first-order valence-electron chi connectivity index (χ1n) is 28.2. The zero-order chi connectivity index (χ0) is 45.8. The summed E-state index contributed by atoms with van der Waals surface area (Å²) in [5, 5.41) is 0. The first-order chi connectivity index (χ1) is 31.0. The Morgan fingerprint density at radius 1 is 0.302 bits per heavy atom. The summed E-state index contributed by atoms with van der Waals surface area (Å²) in [7, 11) is 0. The second kappa shape index (κ2) is 52.8. The van der Waals surface area contributed by atoms with Crippen LogP contribution in [0.5, 0.6) is 0 Å². The molecule has 0 aliphatic heterocycles. The molecule has 63 heavy (non-hydrogen) atoms. The van der Waals surface area contributed by atoms with Gasteiger partial charge in [-0.15, -0.1) is 0 Å². The Morgan fingerprint density at radius 3 is 0.794 bits per heavy atom. The Kier molecular flexibility index (Phi) is 51.2. The zero-order valence-corrected chi connectivity index (χ0v) is 42.6. The van der Waals surface area contributed by atoms with Gasteiger partial charge in [0.15, 0.2) is 6.10 Å². The molecule has 0 heterocycles. The molecule has 0 amide bonds. The molecule has 0 spiro atoms. The van der Waals surface area contributed by atoms with Crippen molar-refractivity contribution in [1.82, 2.24) is 0 Å². The smallest absolute Gasteiger partial charge is 0.306 e. The van der Waals surface area contributed by atoms with Gasteiger partial charge in [0.2, 0.25) is 0 Å². The molecule has 0 radical (unpaired) electrons. The lowest BCUT2D eigenvalue weighted by atomic mass is 10.0. The van der Waals surface area contributed by atoms with E-state index >= 15 is 0 Å². The molecule has 6 heteroatoms. The fraction of sp³-hybridized carbons (Fsp3) is 0.912. The molecule has 0 fully saturated rings. The third-order valence-electron chi connectivity index (χ3n) is 12.8. The van der Waals surface area contributed by atoms with Crippen LogP contribution in [0, 0.1) is 0 Å². The van der Waals surface area contributed by atoms with Crippen LogP contribution in [0.1, 0.15) is 316 Å². The quantitative estimate of drug-likeness (QED) is 0.0262. The molecule has 0 aromatic carbocycles. The molecule has 1 atom stereocenters. The first-order valence-corrected chi connectivity index (χ1v) is 28.2. The predicted octanol–water partition coefficient (Wildman–Crippen LogP) is 18.5. The Bertz CT molecular complexity index is 978. The topological polar surface area (TPSA) is 78.9 Å². The lowest BCUT2D eigenvalue weighted by molar-refractivity contribution is -0.167. The maximum Gasteiger partial charge on any atom is 0.306 e. The molecule has 0 aromatic rings. The molecule has 1 unspecified atom stereocenters. The Labute approximate surface area is 392 Å². The van der Waals surface area contributed by atoms with E-state index in [1.54, 1.807) is 0 Å². The van der Waals surface area contributed by atoms with Crippen molar-refractivity contribution in [2.24, 2.45) is 0 Å². The van der Waals surface area contributed by atoms with Crippen molar-refractivity contribution in [1.29, 1.82) is 0 Å². The lowest BCUT2D eigenvalue weighted by Gasteiger charge is -2.18. The summed E-state index contributed by atoms with van der Waals surface area (Å²) >= 11 is 0. The van der Waals surface area contributed by atoms with Crippen molar-refractivity contribution in [2.75, 3.05) is 13.2 Å². The van der Waals surface area contributed by atoms with E-state index < -0.39 is 6.10 Å². The number of hydrogen-bond acceptors (Lipinski definition) is 6. The fourth-order valence-corrected chi connectivity index (χ4v) is 8.50. The number of carbonyl (C=O) groups is 3. The van der Waals surface area contributed by atoms with Crippen LogP contribution >= 0.6 is 0 Å². The summed E-state index contributed by atoms with van der Waals surface area (Å²) in [6, 6.07) is 0. The molecule has 0 bridgehead atoms. The minimum atomic E-state index is -0.765. The number of carbonyl (C=O) groups excluding carboxylic acids is 3. The van der Waals surface area contributed by atoms with Gasteiger partial charge in [-0.3, -0.25) is 14.4 Å². The highest BCUT2D eigenvalue weighted by Crippen LogP contribution is 2.17. The van der Waals surface area contributed by atoms with Gasteiger partial charge in [-0.1, -0.05) is 264 Å². The SMILES string of the molecule is CCCCCCCCCC/C=C\CCCCCCCCCC(=O)OCC(COC(=O)CCCCCCCCCCCC)OC(=O)CCCCCCCCCCCCCCCCCC. The minimum absolute atomic E-state index is 0.0659. The zero-order valence-electron chi connectivity index (χ0n) is 42.6. The van der Waals surface area contributed by atoms with Gasteiger partial charge < -0.3 is 14.2 Å². The second-order valence-electron chi connectivity index (χ2n) is 19.2. The largest absolute Gasteiger partial charge is 0.462 e. The summed E-state index contributed by atoms with van der Waals surface area (Å²) in [6.07, 6.45) is 59.2. The van der Waals surface area contributed by atoms with Gasteiger partial charge in [-0.2, -0.15) is 0 Å². The summed E-state index contributed by atoms with van der Waals surface area (Å²) < 4.78 is 16.8. The van der Waals surface area contributed by atoms with Crippen LogP contribution in [0.25, 0.3) is 0 Å². The molecular weight excluding hydrogens is 781 g/mol. The first kappa shape index (κ1) is 61.1.